The molecule has 0 heterocycles. The van der Waals surface area contributed by atoms with Crippen molar-refractivity contribution in [1.29, 1.82) is 0 Å². The molecule has 1 heteroatoms. The Labute approximate surface area is 176 Å². The predicted molar refractivity (Wildman–Crippen MR) is 126 cm³/mol. The summed E-state index contributed by atoms with van der Waals surface area (Å²) in [6, 6.07) is 0. The maximum Gasteiger partial charge on any atom is 0.122 e. The SMILES string of the molecule is CCCCCCCc1c(O)c(CCCC)c(CCCC)c(CCCC)c1CC. The van der Waals surface area contributed by atoms with E-state index >= 15 is 0 Å². The van der Waals surface area contributed by atoms with Crippen molar-refractivity contribution in [2.24, 2.45) is 0 Å². The van der Waals surface area contributed by atoms with Crippen LogP contribution in [-0.2, 0) is 32.1 Å². The molecule has 0 radical (unpaired) electrons. The van der Waals surface area contributed by atoms with E-state index in [9.17, 15) is 5.11 Å². The van der Waals surface area contributed by atoms with E-state index in [0.29, 0.717) is 5.75 Å². The summed E-state index contributed by atoms with van der Waals surface area (Å²) in [6.45, 7) is 11.4. The lowest BCUT2D eigenvalue weighted by molar-refractivity contribution is 0.454. The number of rotatable bonds is 16. The second kappa shape index (κ2) is 14.9. The fourth-order valence-corrected chi connectivity index (χ4v) is 4.55. The molecule has 162 valence electrons. The summed E-state index contributed by atoms with van der Waals surface area (Å²) in [5.41, 5.74) is 7.24. The quantitative estimate of drug-likeness (QED) is 0.281. The molecule has 0 bridgehead atoms. The molecule has 1 nitrogen and oxygen atoms in total. The van der Waals surface area contributed by atoms with E-state index in [1.165, 1.54) is 99.3 Å². The first-order valence-corrected chi connectivity index (χ1v) is 12.5. The minimum absolute atomic E-state index is 0.673. The van der Waals surface area contributed by atoms with Crippen LogP contribution in [0, 0.1) is 0 Å². The Morgan fingerprint density at radius 1 is 0.429 bits per heavy atom. The molecular formula is C27H48O. The predicted octanol–water partition coefficient (Wildman–Crippen LogP) is 8.50. The van der Waals surface area contributed by atoms with Crippen LogP contribution < -0.4 is 0 Å². The Morgan fingerprint density at radius 2 is 0.821 bits per heavy atom. The largest absolute Gasteiger partial charge is 0.507 e. The lowest BCUT2D eigenvalue weighted by atomic mass is 9.82. The summed E-state index contributed by atoms with van der Waals surface area (Å²) in [7, 11) is 0. The molecule has 0 aliphatic rings. The highest BCUT2D eigenvalue weighted by Gasteiger charge is 2.21. The zero-order valence-electron chi connectivity index (χ0n) is 19.8. The Morgan fingerprint density at radius 3 is 1.32 bits per heavy atom. The monoisotopic (exact) mass is 388 g/mol. The lowest BCUT2D eigenvalue weighted by Crippen LogP contribution is -2.10. The highest BCUT2D eigenvalue weighted by atomic mass is 16.3. The molecule has 1 rings (SSSR count). The van der Waals surface area contributed by atoms with Gasteiger partial charge in [0.1, 0.15) is 5.75 Å². The molecule has 0 spiro atoms. The Bertz CT molecular complexity index is 544. The zero-order valence-corrected chi connectivity index (χ0v) is 19.8. The number of phenols is 1. The van der Waals surface area contributed by atoms with Gasteiger partial charge < -0.3 is 5.11 Å². The Hall–Kier alpha value is -0.980. The van der Waals surface area contributed by atoms with Crippen LogP contribution in [0.3, 0.4) is 0 Å². The molecule has 0 atom stereocenters. The van der Waals surface area contributed by atoms with Crippen LogP contribution in [0.5, 0.6) is 5.75 Å². The highest BCUT2D eigenvalue weighted by molar-refractivity contribution is 5.56. The van der Waals surface area contributed by atoms with Crippen molar-refractivity contribution < 1.29 is 5.11 Å². The number of benzene rings is 1. The van der Waals surface area contributed by atoms with Gasteiger partial charge in [-0.3, -0.25) is 0 Å². The second-order valence-corrected chi connectivity index (χ2v) is 8.57. The summed E-state index contributed by atoms with van der Waals surface area (Å²) >= 11 is 0. The minimum atomic E-state index is 0.673. The molecule has 0 fully saturated rings. The minimum Gasteiger partial charge on any atom is -0.507 e. The molecular weight excluding hydrogens is 340 g/mol. The van der Waals surface area contributed by atoms with E-state index in [-0.39, 0.29) is 0 Å². The average Bonchev–Trinajstić information content (AvgIpc) is 2.71. The summed E-state index contributed by atoms with van der Waals surface area (Å²) in [5, 5.41) is 11.4. The van der Waals surface area contributed by atoms with Crippen LogP contribution in [0.4, 0.5) is 0 Å². The van der Waals surface area contributed by atoms with Crippen LogP contribution in [-0.4, -0.2) is 5.11 Å². The maximum absolute atomic E-state index is 11.4. The Kier molecular flexibility index (Phi) is 13.4. The van der Waals surface area contributed by atoms with E-state index in [1.807, 2.05) is 0 Å². The van der Waals surface area contributed by atoms with Crippen LogP contribution in [0.25, 0.3) is 0 Å². The van der Waals surface area contributed by atoms with Crippen LogP contribution in [0.15, 0.2) is 0 Å². The maximum atomic E-state index is 11.4. The highest BCUT2D eigenvalue weighted by Crippen LogP contribution is 2.38. The molecule has 0 aliphatic carbocycles. The van der Waals surface area contributed by atoms with Crippen molar-refractivity contribution in [3.05, 3.63) is 27.8 Å². The average molecular weight is 389 g/mol. The molecule has 1 N–H and O–H groups in total. The normalized spacial score (nSPS) is 11.3. The van der Waals surface area contributed by atoms with Gasteiger partial charge in [0.05, 0.1) is 0 Å². The third kappa shape index (κ3) is 7.45. The van der Waals surface area contributed by atoms with Crippen LogP contribution in [0.2, 0.25) is 0 Å². The first-order chi connectivity index (χ1) is 13.7. The molecule has 0 unspecified atom stereocenters. The number of unbranched alkanes of at least 4 members (excludes halogenated alkanes) is 7. The summed E-state index contributed by atoms with van der Waals surface area (Å²) in [6.07, 6.45) is 19.3. The van der Waals surface area contributed by atoms with E-state index in [2.05, 4.69) is 34.6 Å². The molecule has 0 saturated heterocycles. The zero-order chi connectivity index (χ0) is 20.8. The summed E-state index contributed by atoms with van der Waals surface area (Å²) in [4.78, 5) is 0. The number of hydrogen-bond donors (Lipinski definition) is 1. The smallest absolute Gasteiger partial charge is 0.122 e. The van der Waals surface area contributed by atoms with Gasteiger partial charge in [-0.15, -0.1) is 0 Å². The molecule has 0 aromatic heterocycles. The topological polar surface area (TPSA) is 20.2 Å². The standard InChI is InChI=1S/C27H48O/c1-6-11-15-16-17-21-25-22(10-5)23(18-12-7-2)24(19-13-8-3)26(27(25)28)20-14-9-4/h28H,6-21H2,1-5H3. The summed E-state index contributed by atoms with van der Waals surface area (Å²) in [5.74, 6) is 0.673. The van der Waals surface area contributed by atoms with Gasteiger partial charge >= 0.3 is 0 Å². The van der Waals surface area contributed by atoms with Crippen LogP contribution >= 0.6 is 0 Å². The van der Waals surface area contributed by atoms with E-state index in [1.54, 1.807) is 5.56 Å². The number of phenolic OH excluding ortho intramolecular Hbond substituents is 1. The fraction of sp³-hybridized carbons (Fsp3) is 0.778. The number of hydrogen-bond acceptors (Lipinski definition) is 1. The van der Waals surface area contributed by atoms with Crippen molar-refractivity contribution in [3.63, 3.8) is 0 Å². The molecule has 0 amide bonds. The third-order valence-corrected chi connectivity index (χ3v) is 6.25. The van der Waals surface area contributed by atoms with Gasteiger partial charge in [-0.2, -0.15) is 0 Å². The first kappa shape index (κ1) is 25.1. The molecule has 1 aromatic carbocycles. The second-order valence-electron chi connectivity index (χ2n) is 8.57. The fourth-order valence-electron chi connectivity index (χ4n) is 4.55. The van der Waals surface area contributed by atoms with Crippen LogP contribution in [0.1, 0.15) is 133 Å². The van der Waals surface area contributed by atoms with Gasteiger partial charge in [-0.1, -0.05) is 79.6 Å². The van der Waals surface area contributed by atoms with Gasteiger partial charge in [-0.25, -0.2) is 0 Å². The first-order valence-electron chi connectivity index (χ1n) is 12.5. The molecule has 1 aromatic rings. The molecule has 0 aliphatic heterocycles. The van der Waals surface area contributed by atoms with Gasteiger partial charge in [0, 0.05) is 0 Å². The lowest BCUT2D eigenvalue weighted by Gasteiger charge is -2.24. The van der Waals surface area contributed by atoms with Crippen molar-refractivity contribution in [2.45, 2.75) is 137 Å². The van der Waals surface area contributed by atoms with Crippen molar-refractivity contribution >= 4 is 0 Å². The number of aromatic hydroxyl groups is 1. The van der Waals surface area contributed by atoms with Gasteiger partial charge in [0.25, 0.3) is 0 Å². The molecule has 0 saturated carbocycles. The van der Waals surface area contributed by atoms with E-state index < -0.39 is 0 Å². The van der Waals surface area contributed by atoms with Crippen molar-refractivity contribution in [1.82, 2.24) is 0 Å². The van der Waals surface area contributed by atoms with Crippen molar-refractivity contribution in [2.75, 3.05) is 0 Å². The Balaban J connectivity index is 3.33. The van der Waals surface area contributed by atoms with Gasteiger partial charge in [0.2, 0.25) is 0 Å². The summed E-state index contributed by atoms with van der Waals surface area (Å²) < 4.78 is 0. The van der Waals surface area contributed by atoms with Gasteiger partial charge in [0.15, 0.2) is 0 Å². The molecule has 28 heavy (non-hydrogen) atoms. The third-order valence-electron chi connectivity index (χ3n) is 6.25. The van der Waals surface area contributed by atoms with Crippen molar-refractivity contribution in [3.8, 4) is 5.75 Å². The van der Waals surface area contributed by atoms with Gasteiger partial charge in [-0.05, 0) is 85.6 Å². The van der Waals surface area contributed by atoms with E-state index in [0.717, 1.165) is 25.7 Å². The van der Waals surface area contributed by atoms with E-state index in [4.69, 9.17) is 0 Å².